The van der Waals surface area contributed by atoms with E-state index in [9.17, 15) is 0 Å². The minimum absolute atomic E-state index is 0.238. The van der Waals surface area contributed by atoms with Crippen LogP contribution in [0.15, 0.2) is 66.4 Å². The third-order valence-corrected chi connectivity index (χ3v) is 12.2. The number of hydrogen-bond donors (Lipinski definition) is 0. The monoisotopic (exact) mass is 654 g/mol. The molecule has 1 aliphatic heterocycles. The summed E-state index contributed by atoms with van der Waals surface area (Å²) in [5.74, 6) is 0. The lowest BCUT2D eigenvalue weighted by molar-refractivity contribution is 0.390. The topological polar surface area (TPSA) is 74.2 Å². The van der Waals surface area contributed by atoms with Crippen molar-refractivity contribution in [3.63, 3.8) is 0 Å². The fraction of sp³-hybridized carbons (Fsp3) is 0.500. The molecular weight excluding hydrogens is 613 g/mol. The van der Waals surface area contributed by atoms with Crippen LogP contribution in [0, 0.1) is 0 Å². The maximum absolute atomic E-state index is 5.06. The number of rotatable bonds is 0. The molecule has 0 aromatic carbocycles. The first-order valence-corrected chi connectivity index (χ1v) is 19.2. The van der Waals surface area contributed by atoms with Gasteiger partial charge in [0.2, 0.25) is 0 Å². The number of nitrogens with zero attached hydrogens (tertiary/aromatic N) is 6. The summed E-state index contributed by atoms with van der Waals surface area (Å²) in [6.45, 7) is 0. The highest BCUT2D eigenvalue weighted by molar-refractivity contribution is 7.16. The van der Waals surface area contributed by atoms with Gasteiger partial charge in [-0.1, -0.05) is 38.5 Å². The molecule has 3 fully saturated rings. The van der Waals surface area contributed by atoms with E-state index in [0.717, 1.165) is 38.5 Å². The Hall–Kier alpha value is -2.88. The molecule has 6 bridgehead atoms. The molecule has 3 aromatic heterocycles. The van der Waals surface area contributed by atoms with Crippen molar-refractivity contribution in [3.8, 4) is 0 Å². The van der Waals surface area contributed by atoms with Crippen LogP contribution in [0.2, 0.25) is 0 Å². The molecule has 7 rings (SSSR count). The Labute approximate surface area is 279 Å². The summed E-state index contributed by atoms with van der Waals surface area (Å²) in [6, 6.07) is 14.4. The molecule has 0 saturated heterocycles. The standard InChI is InChI=1S/C36H42N6S3/c1-2-8-32-31(7-1)37-19-25-13-14-27(43-25)21-39-33-9-3-4-10-34(33)41-23-29-17-18-30(45-29)24-42-36-12-6-5-11-35(36)40-22-28-16-15-26(44-28)20-38-32/h13-24,31-36H,1-12H2/t31-,32-,33-,34-,35-,36-/m1/s1. The molecule has 45 heavy (non-hydrogen) atoms. The van der Waals surface area contributed by atoms with Gasteiger partial charge < -0.3 is 0 Å². The van der Waals surface area contributed by atoms with E-state index < -0.39 is 0 Å². The zero-order chi connectivity index (χ0) is 30.3. The number of fused-ring (bicyclic) bond motifs is 9. The first-order chi connectivity index (χ1) is 22.2. The Morgan fingerprint density at radius 1 is 0.311 bits per heavy atom. The van der Waals surface area contributed by atoms with Gasteiger partial charge in [-0.05, 0) is 74.9 Å². The molecule has 3 aromatic rings. The average molecular weight is 655 g/mol. The van der Waals surface area contributed by atoms with Gasteiger partial charge in [-0.25, -0.2) is 0 Å². The Morgan fingerprint density at radius 3 is 0.667 bits per heavy atom. The summed E-state index contributed by atoms with van der Waals surface area (Å²) >= 11 is 5.29. The Morgan fingerprint density at radius 2 is 0.489 bits per heavy atom. The maximum atomic E-state index is 5.06. The van der Waals surface area contributed by atoms with Gasteiger partial charge in [0.15, 0.2) is 0 Å². The van der Waals surface area contributed by atoms with Crippen LogP contribution in [0.5, 0.6) is 0 Å². The van der Waals surface area contributed by atoms with Gasteiger partial charge in [-0.3, -0.25) is 30.0 Å². The van der Waals surface area contributed by atoms with Crippen LogP contribution < -0.4 is 0 Å². The first kappa shape index (κ1) is 30.8. The van der Waals surface area contributed by atoms with Gasteiger partial charge in [0.25, 0.3) is 0 Å². The quantitative estimate of drug-likeness (QED) is 0.233. The molecule has 4 heterocycles. The molecule has 9 heteroatoms. The zero-order valence-corrected chi connectivity index (χ0v) is 28.2. The average Bonchev–Trinajstić information content (AvgIpc) is 3.85. The number of aliphatic imine (C=N–C) groups is 6. The predicted molar refractivity (Wildman–Crippen MR) is 197 cm³/mol. The molecule has 3 aliphatic carbocycles. The molecule has 0 radical (unpaired) electrons. The summed E-state index contributed by atoms with van der Waals surface area (Å²) in [6.07, 6.45) is 26.3. The molecular formula is C36H42N6S3. The molecule has 234 valence electrons. The number of thiophene rings is 3. The summed E-state index contributed by atoms with van der Waals surface area (Å²) in [5.41, 5.74) is 0. The highest BCUT2D eigenvalue weighted by atomic mass is 32.1. The second-order valence-electron chi connectivity index (χ2n) is 12.6. The minimum atomic E-state index is 0.238. The van der Waals surface area contributed by atoms with E-state index in [0.29, 0.717) is 0 Å². The third-order valence-electron chi connectivity index (χ3n) is 9.38. The second kappa shape index (κ2) is 15.1. The van der Waals surface area contributed by atoms with Gasteiger partial charge in [0.05, 0.1) is 36.3 Å². The van der Waals surface area contributed by atoms with Crippen molar-refractivity contribution in [1.29, 1.82) is 0 Å². The van der Waals surface area contributed by atoms with Crippen LogP contribution in [-0.4, -0.2) is 73.5 Å². The summed E-state index contributed by atoms with van der Waals surface area (Å²) < 4.78 is 0. The van der Waals surface area contributed by atoms with Gasteiger partial charge in [0.1, 0.15) is 0 Å². The highest BCUT2D eigenvalue weighted by Gasteiger charge is 2.25. The molecule has 0 amide bonds. The molecule has 0 spiro atoms. The molecule has 6 atom stereocenters. The van der Waals surface area contributed by atoms with Crippen molar-refractivity contribution in [2.75, 3.05) is 0 Å². The van der Waals surface area contributed by atoms with Crippen molar-refractivity contribution in [3.05, 3.63) is 65.7 Å². The van der Waals surface area contributed by atoms with E-state index in [2.05, 4.69) is 73.7 Å². The van der Waals surface area contributed by atoms with Gasteiger partial charge >= 0.3 is 0 Å². The Balaban J connectivity index is 1.16. The summed E-state index contributed by atoms with van der Waals surface area (Å²) in [5, 5.41) is 0. The normalized spacial score (nSPS) is 29.1. The largest absolute Gasteiger partial charge is 0.286 e. The van der Waals surface area contributed by atoms with E-state index in [1.807, 2.05) is 0 Å². The van der Waals surface area contributed by atoms with Gasteiger partial charge in [-0.2, -0.15) is 0 Å². The zero-order valence-electron chi connectivity index (χ0n) is 25.8. The molecule has 6 nitrogen and oxygen atoms in total. The third kappa shape index (κ3) is 8.29. The van der Waals surface area contributed by atoms with Gasteiger partial charge in [-0.15, -0.1) is 34.0 Å². The summed E-state index contributed by atoms with van der Waals surface area (Å²) in [4.78, 5) is 37.4. The van der Waals surface area contributed by atoms with Crippen molar-refractivity contribution in [2.24, 2.45) is 30.0 Å². The lowest BCUT2D eigenvalue weighted by Gasteiger charge is -2.25. The SMILES string of the molecule is C1=N[C@@H]2CCCC[C@H]2N=Cc2ccc(s2)C=N[C@@H]2CCCC[C@H]2N=Cc2ccc(s2)C=N[C@@H]2CCCC[C@H]2N=Cc2ccc1s2. The summed E-state index contributed by atoms with van der Waals surface area (Å²) in [7, 11) is 0. The van der Waals surface area contributed by atoms with Crippen LogP contribution in [0.4, 0.5) is 0 Å². The lowest BCUT2D eigenvalue weighted by Crippen LogP contribution is -2.27. The van der Waals surface area contributed by atoms with Crippen LogP contribution >= 0.6 is 34.0 Å². The Bertz CT molecular complexity index is 1290. The van der Waals surface area contributed by atoms with E-state index in [1.54, 1.807) is 34.0 Å². The number of hydrogen-bond acceptors (Lipinski definition) is 9. The minimum Gasteiger partial charge on any atom is -0.286 e. The van der Waals surface area contributed by atoms with Crippen molar-refractivity contribution < 1.29 is 0 Å². The molecule has 0 N–H and O–H groups in total. The fourth-order valence-electron chi connectivity index (χ4n) is 6.86. The first-order valence-electron chi connectivity index (χ1n) is 16.7. The van der Waals surface area contributed by atoms with Crippen LogP contribution in [0.3, 0.4) is 0 Å². The molecule has 3 saturated carbocycles. The highest BCUT2D eigenvalue weighted by Crippen LogP contribution is 2.28. The van der Waals surface area contributed by atoms with Crippen LogP contribution in [0.25, 0.3) is 0 Å². The van der Waals surface area contributed by atoms with E-state index in [1.165, 1.54) is 67.8 Å². The van der Waals surface area contributed by atoms with Crippen LogP contribution in [-0.2, 0) is 0 Å². The smallest absolute Gasteiger partial charge is 0.0723 e. The van der Waals surface area contributed by atoms with Crippen LogP contribution in [0.1, 0.15) is 106 Å². The van der Waals surface area contributed by atoms with E-state index in [-0.39, 0.29) is 36.3 Å². The molecule has 4 aliphatic rings. The van der Waals surface area contributed by atoms with Gasteiger partial charge in [0, 0.05) is 66.6 Å². The van der Waals surface area contributed by atoms with E-state index >= 15 is 0 Å². The maximum Gasteiger partial charge on any atom is 0.0723 e. The van der Waals surface area contributed by atoms with E-state index in [4.69, 9.17) is 30.0 Å². The second-order valence-corrected chi connectivity index (χ2v) is 16.1. The Kier molecular flexibility index (Phi) is 10.3. The fourth-order valence-corrected chi connectivity index (χ4v) is 9.17. The van der Waals surface area contributed by atoms with Crippen molar-refractivity contribution >= 4 is 71.3 Å². The lowest BCUT2D eigenvalue weighted by atomic mass is 9.91. The molecule has 0 unspecified atom stereocenters. The predicted octanol–water partition coefficient (Wildman–Crippen LogP) is 8.73. The van der Waals surface area contributed by atoms with Crippen molar-refractivity contribution in [1.82, 2.24) is 0 Å². The van der Waals surface area contributed by atoms with Crippen molar-refractivity contribution in [2.45, 2.75) is 113 Å².